The molecule has 1 aliphatic rings. The Balaban J connectivity index is 2.19. The Kier molecular flexibility index (Phi) is 2.47. The molecule has 0 aliphatic heterocycles. The molecule has 0 spiro atoms. The van der Waals surface area contributed by atoms with Crippen molar-refractivity contribution in [1.29, 1.82) is 0 Å². The zero-order valence-corrected chi connectivity index (χ0v) is 8.40. The number of halogens is 2. The largest absolute Gasteiger partial charge is 0.462 e. The first-order valence-corrected chi connectivity index (χ1v) is 4.82. The van der Waals surface area contributed by atoms with Gasteiger partial charge in [-0.2, -0.15) is 0 Å². The summed E-state index contributed by atoms with van der Waals surface area (Å²) in [6.07, 6.45) is 4.16. The highest BCUT2D eigenvalue weighted by Crippen LogP contribution is 2.28. The van der Waals surface area contributed by atoms with E-state index < -0.39 is 0 Å². The lowest BCUT2D eigenvalue weighted by Crippen LogP contribution is -2.01. The molecule has 68 valence electrons. The van der Waals surface area contributed by atoms with Crippen LogP contribution in [0.1, 0.15) is 12.8 Å². The fraction of sp³-hybridized carbons (Fsp3) is 0.200. The van der Waals surface area contributed by atoms with Crippen molar-refractivity contribution in [2.24, 2.45) is 0 Å². The molecule has 1 aromatic carbocycles. The lowest BCUT2D eigenvalue weighted by Gasteiger charge is -2.15. The average molecular weight is 215 g/mol. The minimum absolute atomic E-state index is 0.599. The molecule has 13 heavy (non-hydrogen) atoms. The monoisotopic (exact) mass is 214 g/mol. The zero-order chi connectivity index (χ0) is 9.26. The molecule has 0 amide bonds. The number of hydrogen-bond acceptors (Lipinski definition) is 1. The number of allylic oxidation sites excluding steroid dienone is 2. The molecule has 0 saturated heterocycles. The van der Waals surface area contributed by atoms with Crippen molar-refractivity contribution >= 4 is 23.2 Å². The van der Waals surface area contributed by atoms with E-state index in [0.717, 1.165) is 18.6 Å². The van der Waals surface area contributed by atoms with Crippen molar-refractivity contribution in [3.05, 3.63) is 40.1 Å². The fourth-order valence-electron chi connectivity index (χ4n) is 1.09. The molecule has 1 nitrogen and oxygen atoms in total. The van der Waals surface area contributed by atoms with Crippen molar-refractivity contribution in [2.75, 3.05) is 0 Å². The summed E-state index contributed by atoms with van der Waals surface area (Å²) in [5.41, 5.74) is 0. The minimum Gasteiger partial charge on any atom is -0.462 e. The van der Waals surface area contributed by atoms with Crippen LogP contribution < -0.4 is 4.74 Å². The summed E-state index contributed by atoms with van der Waals surface area (Å²) in [6, 6.07) is 5.20. The van der Waals surface area contributed by atoms with Gasteiger partial charge in [-0.15, -0.1) is 0 Å². The summed E-state index contributed by atoms with van der Waals surface area (Å²) in [5.74, 6) is 1.71. The summed E-state index contributed by atoms with van der Waals surface area (Å²) in [5, 5.41) is 1.20. The Labute approximate surface area is 86.9 Å². The summed E-state index contributed by atoms with van der Waals surface area (Å²) in [7, 11) is 0. The first-order valence-electron chi connectivity index (χ1n) is 4.07. The van der Waals surface area contributed by atoms with Crippen LogP contribution in [-0.2, 0) is 0 Å². The molecule has 0 bridgehead atoms. The average Bonchev–Trinajstić information content (AvgIpc) is 1.95. The fourth-order valence-corrected chi connectivity index (χ4v) is 1.60. The van der Waals surface area contributed by atoms with Gasteiger partial charge >= 0.3 is 0 Å². The summed E-state index contributed by atoms with van der Waals surface area (Å²) in [6.45, 7) is 0. The van der Waals surface area contributed by atoms with E-state index >= 15 is 0 Å². The second kappa shape index (κ2) is 3.60. The molecule has 2 rings (SSSR count). The van der Waals surface area contributed by atoms with Gasteiger partial charge in [0, 0.05) is 16.5 Å². The standard InChI is InChI=1S/C10H8Cl2O/c11-7-4-8(12)6-10(5-7)13-9-2-1-3-9/h2,4-6H,1,3H2. The third-order valence-electron chi connectivity index (χ3n) is 1.85. The Hall–Kier alpha value is -0.660. The SMILES string of the molecule is Clc1cc(Cl)cc(OC2=CCC2)c1. The van der Waals surface area contributed by atoms with Gasteiger partial charge in [0.2, 0.25) is 0 Å². The van der Waals surface area contributed by atoms with Gasteiger partial charge in [-0.1, -0.05) is 23.2 Å². The van der Waals surface area contributed by atoms with Crippen LogP contribution in [0.25, 0.3) is 0 Å². The van der Waals surface area contributed by atoms with E-state index in [0.29, 0.717) is 15.8 Å². The molecule has 1 aromatic rings. The first-order chi connectivity index (χ1) is 6.24. The smallest absolute Gasteiger partial charge is 0.129 e. The van der Waals surface area contributed by atoms with E-state index in [-0.39, 0.29) is 0 Å². The highest BCUT2D eigenvalue weighted by molar-refractivity contribution is 6.34. The normalized spacial score (nSPS) is 14.8. The molecule has 3 heteroatoms. The van der Waals surface area contributed by atoms with Crippen molar-refractivity contribution in [1.82, 2.24) is 0 Å². The van der Waals surface area contributed by atoms with Crippen LogP contribution in [0.15, 0.2) is 30.0 Å². The molecule has 0 fully saturated rings. The van der Waals surface area contributed by atoms with Gasteiger partial charge in [0.15, 0.2) is 0 Å². The summed E-state index contributed by atoms with van der Waals surface area (Å²) >= 11 is 11.6. The van der Waals surface area contributed by atoms with Crippen molar-refractivity contribution in [3.8, 4) is 5.75 Å². The number of ether oxygens (including phenoxy) is 1. The van der Waals surface area contributed by atoms with Crippen LogP contribution in [0.5, 0.6) is 5.75 Å². The maximum absolute atomic E-state index is 5.81. The van der Waals surface area contributed by atoms with E-state index in [1.165, 1.54) is 0 Å². The third kappa shape index (κ3) is 2.17. The Morgan fingerprint density at radius 2 is 1.69 bits per heavy atom. The molecule has 0 N–H and O–H groups in total. The van der Waals surface area contributed by atoms with Gasteiger partial charge in [0.1, 0.15) is 11.5 Å². The van der Waals surface area contributed by atoms with Crippen LogP contribution in [0.2, 0.25) is 10.0 Å². The number of benzene rings is 1. The van der Waals surface area contributed by atoms with Crippen LogP contribution in [0, 0.1) is 0 Å². The third-order valence-corrected chi connectivity index (χ3v) is 2.28. The second-order valence-corrected chi connectivity index (χ2v) is 3.79. The van der Waals surface area contributed by atoms with Gasteiger partial charge in [-0.3, -0.25) is 0 Å². The summed E-state index contributed by atoms with van der Waals surface area (Å²) < 4.78 is 5.50. The zero-order valence-electron chi connectivity index (χ0n) is 6.89. The predicted octanol–water partition coefficient (Wildman–Crippen LogP) is 4.05. The molecule has 0 aromatic heterocycles. The maximum atomic E-state index is 5.81. The molecular weight excluding hydrogens is 207 g/mol. The highest BCUT2D eigenvalue weighted by atomic mass is 35.5. The van der Waals surface area contributed by atoms with E-state index in [1.807, 2.05) is 0 Å². The molecule has 0 unspecified atom stereocenters. The van der Waals surface area contributed by atoms with Crippen molar-refractivity contribution in [3.63, 3.8) is 0 Å². The topological polar surface area (TPSA) is 9.23 Å². The maximum Gasteiger partial charge on any atom is 0.129 e. The molecule has 1 aliphatic carbocycles. The van der Waals surface area contributed by atoms with Crippen LogP contribution in [-0.4, -0.2) is 0 Å². The van der Waals surface area contributed by atoms with Gasteiger partial charge in [0.05, 0.1) is 0 Å². The van der Waals surface area contributed by atoms with Crippen molar-refractivity contribution in [2.45, 2.75) is 12.8 Å². The number of hydrogen-bond donors (Lipinski definition) is 0. The van der Waals surface area contributed by atoms with Gasteiger partial charge in [-0.05, 0) is 30.7 Å². The predicted molar refractivity (Wildman–Crippen MR) is 54.4 cm³/mol. The lowest BCUT2D eigenvalue weighted by molar-refractivity contribution is 0.380. The summed E-state index contributed by atoms with van der Waals surface area (Å²) in [4.78, 5) is 0. The highest BCUT2D eigenvalue weighted by Gasteiger charge is 2.08. The minimum atomic E-state index is 0.599. The van der Waals surface area contributed by atoms with Crippen LogP contribution >= 0.6 is 23.2 Å². The van der Waals surface area contributed by atoms with Gasteiger partial charge in [0.25, 0.3) is 0 Å². The first kappa shape index (κ1) is 8.92. The van der Waals surface area contributed by atoms with Gasteiger partial charge < -0.3 is 4.74 Å². The quantitative estimate of drug-likeness (QED) is 0.722. The van der Waals surface area contributed by atoms with Gasteiger partial charge in [-0.25, -0.2) is 0 Å². The lowest BCUT2D eigenvalue weighted by atomic mass is 10.1. The van der Waals surface area contributed by atoms with E-state index in [9.17, 15) is 0 Å². The van der Waals surface area contributed by atoms with Crippen LogP contribution in [0.4, 0.5) is 0 Å². The Morgan fingerprint density at radius 1 is 1.08 bits per heavy atom. The molecular formula is C10H8Cl2O. The molecule has 0 atom stereocenters. The number of rotatable bonds is 2. The van der Waals surface area contributed by atoms with Crippen LogP contribution in [0.3, 0.4) is 0 Å². The molecule has 0 radical (unpaired) electrons. The van der Waals surface area contributed by atoms with E-state index in [2.05, 4.69) is 6.08 Å². The Bertz CT molecular complexity index is 338. The Morgan fingerprint density at radius 3 is 2.15 bits per heavy atom. The van der Waals surface area contributed by atoms with Crippen molar-refractivity contribution < 1.29 is 4.74 Å². The van der Waals surface area contributed by atoms with E-state index in [1.54, 1.807) is 18.2 Å². The molecule has 0 saturated carbocycles. The molecule has 0 heterocycles. The second-order valence-electron chi connectivity index (χ2n) is 2.92. The van der Waals surface area contributed by atoms with E-state index in [4.69, 9.17) is 27.9 Å².